The molecule has 0 aliphatic carbocycles. The first kappa shape index (κ1) is 18.1. The number of sulfonamides is 1. The number of benzene rings is 1. The van der Waals surface area contributed by atoms with E-state index in [-0.39, 0.29) is 11.4 Å². The minimum atomic E-state index is -4.52. The van der Waals surface area contributed by atoms with Crippen LogP contribution in [0.2, 0.25) is 0 Å². The molecule has 0 atom stereocenters. The van der Waals surface area contributed by atoms with Gasteiger partial charge in [-0.2, -0.15) is 18.3 Å². The fourth-order valence-corrected chi connectivity index (χ4v) is 3.16. The predicted octanol–water partition coefficient (Wildman–Crippen LogP) is 2.76. The molecule has 136 valence electrons. The van der Waals surface area contributed by atoms with Crippen molar-refractivity contribution < 1.29 is 21.6 Å². The van der Waals surface area contributed by atoms with Gasteiger partial charge in [0, 0.05) is 25.1 Å². The molecule has 1 aromatic carbocycles. The SMILES string of the molecule is O=S(=O)(NCc1ccc(-n2cccn2)nc1)c1ccc(C(F)(F)F)cc1. The number of hydrogen-bond donors (Lipinski definition) is 1. The topological polar surface area (TPSA) is 76.9 Å². The lowest BCUT2D eigenvalue weighted by atomic mass is 10.2. The number of hydrogen-bond acceptors (Lipinski definition) is 4. The van der Waals surface area contributed by atoms with Crippen LogP contribution in [0.4, 0.5) is 13.2 Å². The van der Waals surface area contributed by atoms with E-state index in [1.807, 2.05) is 0 Å². The highest BCUT2D eigenvalue weighted by atomic mass is 32.2. The number of halogens is 3. The Morgan fingerprint density at radius 2 is 1.81 bits per heavy atom. The van der Waals surface area contributed by atoms with E-state index in [0.29, 0.717) is 11.4 Å². The summed E-state index contributed by atoms with van der Waals surface area (Å²) in [5.41, 5.74) is -0.314. The molecule has 0 saturated carbocycles. The van der Waals surface area contributed by atoms with Crippen molar-refractivity contribution in [2.45, 2.75) is 17.6 Å². The van der Waals surface area contributed by atoms with E-state index in [2.05, 4.69) is 14.8 Å². The molecule has 0 saturated heterocycles. The van der Waals surface area contributed by atoms with Crippen molar-refractivity contribution in [1.82, 2.24) is 19.5 Å². The van der Waals surface area contributed by atoms with Crippen LogP contribution in [0.5, 0.6) is 0 Å². The third-order valence-electron chi connectivity index (χ3n) is 3.51. The summed E-state index contributed by atoms with van der Waals surface area (Å²) in [7, 11) is -3.94. The van der Waals surface area contributed by atoms with E-state index < -0.39 is 21.8 Å². The monoisotopic (exact) mass is 382 g/mol. The van der Waals surface area contributed by atoms with Gasteiger partial charge in [0.15, 0.2) is 5.82 Å². The van der Waals surface area contributed by atoms with Crippen molar-refractivity contribution in [2.24, 2.45) is 0 Å². The standard InChI is InChI=1S/C16H13F3N4O2S/c17-16(18,19)13-3-5-14(6-4-13)26(24,25)22-11-12-2-7-15(20-10-12)23-9-1-8-21-23/h1-10,22H,11H2. The largest absolute Gasteiger partial charge is 0.416 e. The lowest BCUT2D eigenvalue weighted by Gasteiger charge is -2.09. The zero-order valence-electron chi connectivity index (χ0n) is 13.2. The van der Waals surface area contributed by atoms with Gasteiger partial charge < -0.3 is 0 Å². The Bertz CT molecular complexity index is 968. The molecule has 3 aromatic rings. The first-order chi connectivity index (χ1) is 12.3. The molecule has 26 heavy (non-hydrogen) atoms. The van der Waals surface area contributed by atoms with E-state index in [9.17, 15) is 21.6 Å². The molecule has 0 amide bonds. The highest BCUT2D eigenvalue weighted by Crippen LogP contribution is 2.29. The highest BCUT2D eigenvalue weighted by Gasteiger charge is 2.30. The lowest BCUT2D eigenvalue weighted by Crippen LogP contribution is -2.23. The van der Waals surface area contributed by atoms with Gasteiger partial charge in [-0.05, 0) is 42.0 Å². The second kappa shape index (κ2) is 6.89. The van der Waals surface area contributed by atoms with Crippen LogP contribution in [-0.4, -0.2) is 23.2 Å². The summed E-state index contributed by atoms with van der Waals surface area (Å²) < 4.78 is 65.9. The maximum Gasteiger partial charge on any atom is 0.416 e. The average Bonchev–Trinajstić information content (AvgIpc) is 3.14. The van der Waals surface area contributed by atoms with Crippen molar-refractivity contribution in [3.63, 3.8) is 0 Å². The smallest absolute Gasteiger partial charge is 0.237 e. The summed E-state index contributed by atoms with van der Waals surface area (Å²) >= 11 is 0. The molecule has 6 nitrogen and oxygen atoms in total. The van der Waals surface area contributed by atoms with Crippen LogP contribution in [0.1, 0.15) is 11.1 Å². The van der Waals surface area contributed by atoms with Gasteiger partial charge in [-0.15, -0.1) is 0 Å². The van der Waals surface area contributed by atoms with Gasteiger partial charge in [0.05, 0.1) is 10.5 Å². The number of alkyl halides is 3. The number of nitrogens with one attached hydrogen (secondary N) is 1. The number of nitrogens with zero attached hydrogens (tertiary/aromatic N) is 3. The van der Waals surface area contributed by atoms with E-state index in [1.165, 1.54) is 6.20 Å². The molecule has 2 aromatic heterocycles. The average molecular weight is 382 g/mol. The van der Waals surface area contributed by atoms with Crippen LogP contribution in [0.15, 0.2) is 66.0 Å². The summed E-state index contributed by atoms with van der Waals surface area (Å²) in [6.07, 6.45) is 0.299. The molecule has 0 fully saturated rings. The van der Waals surface area contributed by atoms with Gasteiger partial charge in [-0.25, -0.2) is 22.8 Å². The lowest BCUT2D eigenvalue weighted by molar-refractivity contribution is -0.137. The van der Waals surface area contributed by atoms with Crippen molar-refractivity contribution in [3.05, 3.63) is 72.2 Å². The van der Waals surface area contributed by atoms with E-state index in [0.717, 1.165) is 24.3 Å². The normalized spacial score (nSPS) is 12.3. The quantitative estimate of drug-likeness (QED) is 0.736. The zero-order chi connectivity index (χ0) is 18.8. The Labute approximate surface area is 147 Å². The molecule has 0 aliphatic heterocycles. The second-order valence-electron chi connectivity index (χ2n) is 5.32. The molecule has 0 spiro atoms. The fraction of sp³-hybridized carbons (Fsp3) is 0.125. The molecule has 3 rings (SSSR count). The van der Waals surface area contributed by atoms with Crippen molar-refractivity contribution in [3.8, 4) is 5.82 Å². The Balaban J connectivity index is 1.68. The van der Waals surface area contributed by atoms with E-state index in [4.69, 9.17) is 0 Å². The third kappa shape index (κ3) is 4.09. The Kier molecular flexibility index (Phi) is 4.79. The van der Waals surface area contributed by atoms with Crippen LogP contribution in [-0.2, 0) is 22.7 Å². The minimum absolute atomic E-state index is 0.0459. The second-order valence-corrected chi connectivity index (χ2v) is 7.09. The third-order valence-corrected chi connectivity index (χ3v) is 4.92. The number of pyridine rings is 1. The van der Waals surface area contributed by atoms with Gasteiger partial charge in [-0.3, -0.25) is 0 Å². The molecule has 1 N–H and O–H groups in total. The van der Waals surface area contributed by atoms with Crippen molar-refractivity contribution >= 4 is 10.0 Å². The maximum atomic E-state index is 12.5. The summed E-state index contributed by atoms with van der Waals surface area (Å²) in [5.74, 6) is 0.573. The summed E-state index contributed by atoms with van der Waals surface area (Å²) in [4.78, 5) is 3.93. The predicted molar refractivity (Wildman–Crippen MR) is 86.8 cm³/mol. The maximum absolute atomic E-state index is 12.5. The molecule has 2 heterocycles. The fourth-order valence-electron chi connectivity index (χ4n) is 2.15. The van der Waals surface area contributed by atoms with Crippen LogP contribution < -0.4 is 4.72 Å². The summed E-state index contributed by atoms with van der Waals surface area (Å²) in [6, 6.07) is 8.40. The number of aromatic nitrogens is 3. The highest BCUT2D eigenvalue weighted by molar-refractivity contribution is 7.89. The molecule has 10 heteroatoms. The Morgan fingerprint density at radius 1 is 1.08 bits per heavy atom. The molecule has 0 unspecified atom stereocenters. The van der Waals surface area contributed by atoms with Crippen molar-refractivity contribution in [1.29, 1.82) is 0 Å². The van der Waals surface area contributed by atoms with Gasteiger partial charge in [0.1, 0.15) is 0 Å². The van der Waals surface area contributed by atoms with E-state index >= 15 is 0 Å². The molecule has 0 radical (unpaired) electrons. The van der Waals surface area contributed by atoms with Gasteiger partial charge in [-0.1, -0.05) is 6.07 Å². The zero-order valence-corrected chi connectivity index (χ0v) is 14.0. The van der Waals surface area contributed by atoms with Gasteiger partial charge >= 0.3 is 6.18 Å². The Hall–Kier alpha value is -2.72. The minimum Gasteiger partial charge on any atom is -0.237 e. The van der Waals surface area contributed by atoms with Crippen LogP contribution in [0.25, 0.3) is 5.82 Å². The molecular weight excluding hydrogens is 369 g/mol. The molecular formula is C16H13F3N4O2S. The number of rotatable bonds is 5. The van der Waals surface area contributed by atoms with Gasteiger partial charge in [0.2, 0.25) is 10.0 Å². The molecule has 0 aliphatic rings. The first-order valence-corrected chi connectivity index (χ1v) is 8.86. The van der Waals surface area contributed by atoms with E-state index in [1.54, 1.807) is 35.3 Å². The van der Waals surface area contributed by atoms with Gasteiger partial charge in [0.25, 0.3) is 0 Å². The van der Waals surface area contributed by atoms with Crippen LogP contribution >= 0.6 is 0 Å². The van der Waals surface area contributed by atoms with Crippen molar-refractivity contribution in [2.75, 3.05) is 0 Å². The Morgan fingerprint density at radius 3 is 2.35 bits per heavy atom. The van der Waals surface area contributed by atoms with Crippen LogP contribution in [0, 0.1) is 0 Å². The molecule has 0 bridgehead atoms. The van der Waals surface area contributed by atoms with Crippen LogP contribution in [0.3, 0.4) is 0 Å². The summed E-state index contributed by atoms with van der Waals surface area (Å²) in [5, 5.41) is 4.03. The first-order valence-electron chi connectivity index (χ1n) is 7.37. The summed E-state index contributed by atoms with van der Waals surface area (Å²) in [6.45, 7) is -0.0459.